The first-order valence-electron chi connectivity index (χ1n) is 8.20. The average Bonchev–Trinajstić information content (AvgIpc) is 2.93. The molecule has 1 fully saturated rings. The summed E-state index contributed by atoms with van der Waals surface area (Å²) in [6.45, 7) is 9.81. The van der Waals surface area contributed by atoms with E-state index in [1.807, 2.05) is 0 Å². The highest BCUT2D eigenvalue weighted by Gasteiger charge is 2.19. The molecule has 2 rings (SSSR count). The van der Waals surface area contributed by atoms with Gasteiger partial charge in [-0.05, 0) is 36.4 Å². The lowest BCUT2D eigenvalue weighted by molar-refractivity contribution is 0.180. The van der Waals surface area contributed by atoms with E-state index in [0.29, 0.717) is 18.6 Å². The van der Waals surface area contributed by atoms with Gasteiger partial charge in [-0.3, -0.25) is 4.90 Å². The minimum absolute atomic E-state index is 0.665. The summed E-state index contributed by atoms with van der Waals surface area (Å²) >= 11 is 0. The number of hydrogen-bond acceptors (Lipinski definition) is 3. The summed E-state index contributed by atoms with van der Waals surface area (Å²) in [5.74, 6) is 0.695. The van der Waals surface area contributed by atoms with Crippen LogP contribution in [0.4, 0.5) is 0 Å². The highest BCUT2D eigenvalue weighted by Crippen LogP contribution is 2.16. The molecule has 0 bridgehead atoms. The summed E-state index contributed by atoms with van der Waals surface area (Å²) in [4.78, 5) is 2.60. The lowest BCUT2D eigenvalue weighted by Crippen LogP contribution is -2.39. The second-order valence-electron chi connectivity index (χ2n) is 6.58. The quantitative estimate of drug-likeness (QED) is 0.796. The van der Waals surface area contributed by atoms with E-state index in [0.717, 1.165) is 19.6 Å². The largest absolute Gasteiger partial charge is 0.380 e. The van der Waals surface area contributed by atoms with Crippen molar-refractivity contribution in [2.75, 3.05) is 26.7 Å². The SMILES string of the molecule is COCc1ccccc1CN(CC(C)C)CC1CCCN1. The molecule has 0 aliphatic carbocycles. The molecule has 1 aromatic carbocycles. The van der Waals surface area contributed by atoms with Crippen molar-refractivity contribution in [1.29, 1.82) is 0 Å². The van der Waals surface area contributed by atoms with Crippen molar-refractivity contribution in [3.63, 3.8) is 0 Å². The highest BCUT2D eigenvalue weighted by molar-refractivity contribution is 5.26. The molecule has 1 aliphatic heterocycles. The van der Waals surface area contributed by atoms with Gasteiger partial charge in [0, 0.05) is 32.8 Å². The number of ether oxygens (including phenoxy) is 1. The molecule has 1 aromatic rings. The molecule has 1 aliphatic rings. The van der Waals surface area contributed by atoms with Gasteiger partial charge in [-0.15, -0.1) is 0 Å². The third kappa shape index (κ3) is 5.42. The van der Waals surface area contributed by atoms with E-state index in [1.54, 1.807) is 7.11 Å². The minimum Gasteiger partial charge on any atom is -0.380 e. The van der Waals surface area contributed by atoms with Crippen molar-refractivity contribution >= 4 is 0 Å². The fourth-order valence-electron chi connectivity index (χ4n) is 3.19. The lowest BCUT2D eigenvalue weighted by atomic mass is 10.1. The van der Waals surface area contributed by atoms with Crippen LogP contribution in [-0.2, 0) is 17.9 Å². The van der Waals surface area contributed by atoms with Crippen molar-refractivity contribution in [2.24, 2.45) is 5.92 Å². The molecule has 0 saturated carbocycles. The van der Waals surface area contributed by atoms with Crippen molar-refractivity contribution in [3.8, 4) is 0 Å². The number of rotatable bonds is 8. The van der Waals surface area contributed by atoms with Crippen molar-refractivity contribution in [3.05, 3.63) is 35.4 Å². The fourth-order valence-corrected chi connectivity index (χ4v) is 3.19. The van der Waals surface area contributed by atoms with Gasteiger partial charge in [0.25, 0.3) is 0 Å². The van der Waals surface area contributed by atoms with E-state index in [4.69, 9.17) is 4.74 Å². The van der Waals surface area contributed by atoms with E-state index >= 15 is 0 Å². The van der Waals surface area contributed by atoms with Gasteiger partial charge in [-0.1, -0.05) is 38.1 Å². The molecular formula is C18H30N2O. The molecule has 118 valence electrons. The van der Waals surface area contributed by atoms with E-state index in [2.05, 4.69) is 48.3 Å². The number of benzene rings is 1. The zero-order valence-electron chi connectivity index (χ0n) is 13.8. The molecule has 3 heteroatoms. The van der Waals surface area contributed by atoms with Gasteiger partial charge in [0.05, 0.1) is 6.61 Å². The minimum atomic E-state index is 0.665. The summed E-state index contributed by atoms with van der Waals surface area (Å²) in [5, 5.41) is 3.62. The van der Waals surface area contributed by atoms with E-state index in [9.17, 15) is 0 Å². The Balaban J connectivity index is 2.02. The fraction of sp³-hybridized carbons (Fsp3) is 0.667. The van der Waals surface area contributed by atoms with Gasteiger partial charge in [0.15, 0.2) is 0 Å². The van der Waals surface area contributed by atoms with Crippen LogP contribution in [0.15, 0.2) is 24.3 Å². The molecule has 0 spiro atoms. The lowest BCUT2D eigenvalue weighted by Gasteiger charge is -2.28. The monoisotopic (exact) mass is 290 g/mol. The van der Waals surface area contributed by atoms with Crippen LogP contribution in [0.2, 0.25) is 0 Å². The predicted molar refractivity (Wildman–Crippen MR) is 88.3 cm³/mol. The molecule has 21 heavy (non-hydrogen) atoms. The Morgan fingerprint density at radius 2 is 2.05 bits per heavy atom. The molecule has 1 unspecified atom stereocenters. The molecule has 1 N–H and O–H groups in total. The molecule has 1 atom stereocenters. The van der Waals surface area contributed by atoms with Crippen LogP contribution in [0.3, 0.4) is 0 Å². The first kappa shape index (κ1) is 16.5. The third-order valence-electron chi connectivity index (χ3n) is 4.08. The molecule has 3 nitrogen and oxygen atoms in total. The van der Waals surface area contributed by atoms with Gasteiger partial charge in [0.2, 0.25) is 0 Å². The molecule has 0 radical (unpaired) electrons. The Morgan fingerprint density at radius 1 is 1.29 bits per heavy atom. The molecular weight excluding hydrogens is 260 g/mol. The summed E-state index contributed by atoms with van der Waals surface area (Å²) in [5.41, 5.74) is 2.71. The number of nitrogens with one attached hydrogen (secondary N) is 1. The Kier molecular flexibility index (Phi) is 6.68. The van der Waals surface area contributed by atoms with Crippen LogP contribution in [0, 0.1) is 5.92 Å². The predicted octanol–water partition coefficient (Wildman–Crippen LogP) is 3.04. The normalized spacial score (nSPS) is 18.8. The first-order chi connectivity index (χ1) is 10.2. The van der Waals surface area contributed by atoms with Crippen LogP contribution in [0.1, 0.15) is 37.8 Å². The maximum absolute atomic E-state index is 5.33. The van der Waals surface area contributed by atoms with Gasteiger partial charge in [0.1, 0.15) is 0 Å². The van der Waals surface area contributed by atoms with Crippen LogP contribution in [0.25, 0.3) is 0 Å². The number of hydrogen-bond donors (Lipinski definition) is 1. The molecule has 1 saturated heterocycles. The van der Waals surface area contributed by atoms with Crippen LogP contribution in [0.5, 0.6) is 0 Å². The van der Waals surface area contributed by atoms with Crippen molar-refractivity contribution in [2.45, 2.75) is 45.9 Å². The number of nitrogens with zero attached hydrogens (tertiary/aromatic N) is 1. The zero-order chi connectivity index (χ0) is 15.1. The zero-order valence-corrected chi connectivity index (χ0v) is 13.8. The Bertz CT molecular complexity index is 413. The molecule has 0 aromatic heterocycles. The van der Waals surface area contributed by atoms with Gasteiger partial charge < -0.3 is 10.1 Å². The van der Waals surface area contributed by atoms with Crippen LogP contribution >= 0.6 is 0 Å². The van der Waals surface area contributed by atoms with Crippen LogP contribution in [-0.4, -0.2) is 37.7 Å². The van der Waals surface area contributed by atoms with E-state index in [-0.39, 0.29) is 0 Å². The summed E-state index contributed by atoms with van der Waals surface area (Å²) < 4.78 is 5.33. The second-order valence-corrected chi connectivity index (χ2v) is 6.58. The van der Waals surface area contributed by atoms with E-state index < -0.39 is 0 Å². The maximum atomic E-state index is 5.33. The van der Waals surface area contributed by atoms with Gasteiger partial charge >= 0.3 is 0 Å². The molecule has 0 amide bonds. The van der Waals surface area contributed by atoms with Gasteiger partial charge in [-0.25, -0.2) is 0 Å². The Labute approximate surface area is 129 Å². The summed E-state index contributed by atoms with van der Waals surface area (Å²) in [6.07, 6.45) is 2.63. The topological polar surface area (TPSA) is 24.5 Å². The smallest absolute Gasteiger partial charge is 0.0716 e. The Morgan fingerprint density at radius 3 is 2.67 bits per heavy atom. The first-order valence-corrected chi connectivity index (χ1v) is 8.20. The Hall–Kier alpha value is -0.900. The van der Waals surface area contributed by atoms with Crippen molar-refractivity contribution in [1.82, 2.24) is 10.2 Å². The third-order valence-corrected chi connectivity index (χ3v) is 4.08. The van der Waals surface area contributed by atoms with Crippen molar-refractivity contribution < 1.29 is 4.74 Å². The standard InChI is InChI=1S/C18H30N2O/c1-15(2)11-20(13-18-9-6-10-19-18)12-16-7-4-5-8-17(16)14-21-3/h4-5,7-8,15,18-19H,6,9-14H2,1-3H3. The summed E-state index contributed by atoms with van der Waals surface area (Å²) in [7, 11) is 1.77. The highest BCUT2D eigenvalue weighted by atomic mass is 16.5. The average molecular weight is 290 g/mol. The molecule has 1 heterocycles. The maximum Gasteiger partial charge on any atom is 0.0716 e. The van der Waals surface area contributed by atoms with E-state index in [1.165, 1.54) is 30.5 Å². The van der Waals surface area contributed by atoms with Gasteiger partial charge in [-0.2, -0.15) is 0 Å². The number of methoxy groups -OCH3 is 1. The van der Waals surface area contributed by atoms with Crippen LogP contribution < -0.4 is 5.32 Å². The summed E-state index contributed by atoms with van der Waals surface area (Å²) in [6, 6.07) is 9.32. The second kappa shape index (κ2) is 8.52.